The van der Waals surface area contributed by atoms with Gasteiger partial charge in [-0.1, -0.05) is 60.7 Å². The van der Waals surface area contributed by atoms with Crippen LogP contribution in [0.4, 0.5) is 0 Å². The van der Waals surface area contributed by atoms with E-state index in [0.717, 1.165) is 6.42 Å². The molecular formula is C21H14S. The second-order valence-electron chi connectivity index (χ2n) is 5.81. The van der Waals surface area contributed by atoms with Crippen molar-refractivity contribution in [1.29, 1.82) is 0 Å². The Bertz CT molecular complexity index is 974. The zero-order chi connectivity index (χ0) is 14.5. The first-order valence-electron chi connectivity index (χ1n) is 7.59. The first-order chi connectivity index (χ1) is 10.9. The maximum atomic E-state index is 2.33. The maximum Gasteiger partial charge on any atom is 0.0358 e. The van der Waals surface area contributed by atoms with Crippen molar-refractivity contribution in [2.24, 2.45) is 0 Å². The largest absolute Gasteiger partial charge is 0.135 e. The fourth-order valence-corrected chi connectivity index (χ4v) is 4.62. The molecule has 1 heteroatoms. The Morgan fingerprint density at radius 2 is 1.45 bits per heavy atom. The van der Waals surface area contributed by atoms with Gasteiger partial charge in [0.15, 0.2) is 0 Å². The van der Waals surface area contributed by atoms with Crippen LogP contribution >= 0.6 is 11.3 Å². The molecule has 0 atom stereocenters. The Morgan fingerprint density at radius 1 is 0.682 bits per heavy atom. The molecule has 0 N–H and O–H groups in total. The molecule has 0 radical (unpaired) electrons. The monoisotopic (exact) mass is 298 g/mol. The summed E-state index contributed by atoms with van der Waals surface area (Å²) in [5.74, 6) is 0. The van der Waals surface area contributed by atoms with E-state index in [9.17, 15) is 0 Å². The smallest absolute Gasteiger partial charge is 0.0358 e. The van der Waals surface area contributed by atoms with Crippen LogP contribution in [0.3, 0.4) is 0 Å². The van der Waals surface area contributed by atoms with Gasteiger partial charge in [0.1, 0.15) is 0 Å². The van der Waals surface area contributed by atoms with Gasteiger partial charge >= 0.3 is 0 Å². The highest BCUT2D eigenvalue weighted by molar-refractivity contribution is 7.22. The molecule has 1 aromatic heterocycles. The summed E-state index contributed by atoms with van der Waals surface area (Å²) in [6.07, 6.45) is 1.05. The molecule has 104 valence electrons. The zero-order valence-corrected chi connectivity index (χ0v) is 12.9. The van der Waals surface area contributed by atoms with E-state index in [-0.39, 0.29) is 0 Å². The lowest BCUT2D eigenvalue weighted by Gasteiger charge is -2.06. The van der Waals surface area contributed by atoms with Gasteiger partial charge < -0.3 is 0 Å². The van der Waals surface area contributed by atoms with E-state index in [2.05, 4.69) is 72.8 Å². The van der Waals surface area contributed by atoms with E-state index in [1.807, 2.05) is 11.3 Å². The number of rotatable bonds is 1. The quantitative estimate of drug-likeness (QED) is 0.349. The summed E-state index contributed by atoms with van der Waals surface area (Å²) in [7, 11) is 0. The molecule has 1 aliphatic carbocycles. The van der Waals surface area contributed by atoms with E-state index < -0.39 is 0 Å². The van der Waals surface area contributed by atoms with Crippen molar-refractivity contribution < 1.29 is 0 Å². The molecule has 0 nitrogen and oxygen atoms in total. The number of benzene rings is 3. The summed E-state index contributed by atoms with van der Waals surface area (Å²) in [5.41, 5.74) is 7.14. The average Bonchev–Trinajstić information content (AvgIpc) is 3.15. The van der Waals surface area contributed by atoms with Crippen LogP contribution in [0.5, 0.6) is 0 Å². The van der Waals surface area contributed by atoms with Gasteiger partial charge in [-0.25, -0.2) is 0 Å². The van der Waals surface area contributed by atoms with Crippen LogP contribution in [0.1, 0.15) is 11.1 Å². The molecule has 3 aromatic carbocycles. The van der Waals surface area contributed by atoms with Crippen LogP contribution in [0.25, 0.3) is 31.7 Å². The summed E-state index contributed by atoms with van der Waals surface area (Å²) >= 11 is 1.90. The van der Waals surface area contributed by atoms with E-state index in [0.29, 0.717) is 0 Å². The Kier molecular flexibility index (Phi) is 2.53. The average molecular weight is 298 g/mol. The summed E-state index contributed by atoms with van der Waals surface area (Å²) in [6, 6.07) is 26.5. The first-order valence-corrected chi connectivity index (χ1v) is 8.41. The third kappa shape index (κ3) is 1.69. The Labute approximate surface area is 133 Å². The molecule has 0 bridgehead atoms. The molecule has 0 fully saturated rings. The number of hydrogen-bond acceptors (Lipinski definition) is 1. The van der Waals surface area contributed by atoms with Crippen LogP contribution in [0, 0.1) is 0 Å². The second-order valence-corrected chi connectivity index (χ2v) is 6.90. The predicted octanol–water partition coefficient (Wildman–Crippen LogP) is 6.14. The molecule has 4 aromatic rings. The summed E-state index contributed by atoms with van der Waals surface area (Å²) in [5, 5.41) is 1.34. The minimum Gasteiger partial charge on any atom is -0.135 e. The molecule has 1 heterocycles. The molecule has 22 heavy (non-hydrogen) atoms. The lowest BCUT2D eigenvalue weighted by Crippen LogP contribution is -1.85. The van der Waals surface area contributed by atoms with Crippen LogP contribution in [-0.4, -0.2) is 0 Å². The van der Waals surface area contributed by atoms with Crippen molar-refractivity contribution in [2.45, 2.75) is 6.42 Å². The normalized spacial score (nSPS) is 12.4. The fraction of sp³-hybridized carbons (Fsp3) is 0.0476. The standard InChI is InChI=1S/C21H14S/c1-3-8-16-14(6-1)12-19-17(16)9-5-10-18(19)21-13-15-7-2-4-11-20(15)22-21/h1-11,13H,12H2. The highest BCUT2D eigenvalue weighted by Crippen LogP contribution is 2.43. The van der Waals surface area contributed by atoms with Crippen molar-refractivity contribution in [2.75, 3.05) is 0 Å². The van der Waals surface area contributed by atoms with Gasteiger partial charge in [0.25, 0.3) is 0 Å². The highest BCUT2D eigenvalue weighted by Gasteiger charge is 2.21. The van der Waals surface area contributed by atoms with Crippen molar-refractivity contribution >= 4 is 21.4 Å². The van der Waals surface area contributed by atoms with Crippen LogP contribution in [0.15, 0.2) is 72.8 Å². The molecule has 0 aliphatic heterocycles. The summed E-state index contributed by atoms with van der Waals surface area (Å²) in [4.78, 5) is 1.38. The Morgan fingerprint density at radius 3 is 2.41 bits per heavy atom. The van der Waals surface area contributed by atoms with Crippen LogP contribution in [0.2, 0.25) is 0 Å². The van der Waals surface area contributed by atoms with Crippen molar-refractivity contribution in [3.63, 3.8) is 0 Å². The predicted molar refractivity (Wildman–Crippen MR) is 95.5 cm³/mol. The summed E-state index contributed by atoms with van der Waals surface area (Å²) < 4.78 is 1.37. The fourth-order valence-electron chi connectivity index (χ4n) is 3.50. The topological polar surface area (TPSA) is 0 Å². The molecule has 5 rings (SSSR count). The van der Waals surface area contributed by atoms with Gasteiger partial charge in [-0.2, -0.15) is 0 Å². The van der Waals surface area contributed by atoms with Crippen LogP contribution in [-0.2, 0) is 6.42 Å². The van der Waals surface area contributed by atoms with E-state index in [4.69, 9.17) is 0 Å². The number of thiophene rings is 1. The lowest BCUT2D eigenvalue weighted by molar-refractivity contribution is 1.27. The number of fused-ring (bicyclic) bond motifs is 4. The van der Waals surface area contributed by atoms with Gasteiger partial charge in [0.2, 0.25) is 0 Å². The van der Waals surface area contributed by atoms with E-state index in [1.165, 1.54) is 42.8 Å². The first kappa shape index (κ1) is 12.2. The van der Waals surface area contributed by atoms with Gasteiger partial charge in [-0.15, -0.1) is 11.3 Å². The van der Waals surface area contributed by atoms with Gasteiger partial charge in [0, 0.05) is 9.58 Å². The van der Waals surface area contributed by atoms with Gasteiger partial charge in [-0.05, 0) is 51.8 Å². The minimum atomic E-state index is 1.05. The van der Waals surface area contributed by atoms with Gasteiger partial charge in [-0.3, -0.25) is 0 Å². The van der Waals surface area contributed by atoms with Crippen molar-refractivity contribution in [3.05, 3.63) is 83.9 Å². The molecule has 0 saturated heterocycles. The highest BCUT2D eigenvalue weighted by atomic mass is 32.1. The maximum absolute atomic E-state index is 2.33. The third-order valence-corrected chi connectivity index (χ3v) is 5.69. The zero-order valence-electron chi connectivity index (χ0n) is 12.0. The Hall–Kier alpha value is -2.38. The summed E-state index contributed by atoms with van der Waals surface area (Å²) in [6.45, 7) is 0. The molecule has 0 spiro atoms. The SMILES string of the molecule is c1ccc2c(c1)Cc1c(-c3cc4ccccc4s3)cccc1-2. The molecule has 0 unspecified atom stereocenters. The molecule has 0 amide bonds. The van der Waals surface area contributed by atoms with E-state index >= 15 is 0 Å². The van der Waals surface area contributed by atoms with E-state index in [1.54, 1.807) is 0 Å². The van der Waals surface area contributed by atoms with Crippen LogP contribution < -0.4 is 0 Å². The third-order valence-electron chi connectivity index (χ3n) is 4.54. The molecular weight excluding hydrogens is 284 g/mol. The van der Waals surface area contributed by atoms with Crippen molar-refractivity contribution in [3.8, 4) is 21.6 Å². The van der Waals surface area contributed by atoms with Crippen molar-refractivity contribution in [1.82, 2.24) is 0 Å². The lowest BCUT2D eigenvalue weighted by atomic mass is 10.00. The molecule has 0 saturated carbocycles. The van der Waals surface area contributed by atoms with Gasteiger partial charge in [0.05, 0.1) is 0 Å². The second kappa shape index (κ2) is 4.56. The number of hydrogen-bond donors (Lipinski definition) is 0. The molecule has 1 aliphatic rings. The Balaban J connectivity index is 1.74. The minimum absolute atomic E-state index is 1.05.